The maximum atomic E-state index is 12.1. The molecule has 0 aliphatic carbocycles. The Balaban J connectivity index is 2.03. The number of hydrogen-bond donors (Lipinski definition) is 2. The highest BCUT2D eigenvalue weighted by Gasteiger charge is 2.12. The zero-order chi connectivity index (χ0) is 18.7. The summed E-state index contributed by atoms with van der Waals surface area (Å²) in [5.74, 6) is 1.19. The fourth-order valence-electron chi connectivity index (χ4n) is 2.67. The summed E-state index contributed by atoms with van der Waals surface area (Å²) in [5.41, 5.74) is 1.95. The van der Waals surface area contributed by atoms with E-state index in [1.165, 1.54) is 0 Å². The number of benzene rings is 1. The molecule has 0 aliphatic heterocycles. The summed E-state index contributed by atoms with van der Waals surface area (Å²) in [7, 11) is 0. The van der Waals surface area contributed by atoms with Crippen LogP contribution in [0.5, 0.6) is 5.75 Å². The van der Waals surface area contributed by atoms with Crippen molar-refractivity contribution in [2.45, 2.75) is 27.2 Å². The van der Waals surface area contributed by atoms with Crippen molar-refractivity contribution >= 4 is 22.8 Å². The highest BCUT2D eigenvalue weighted by atomic mass is 16.5. The van der Waals surface area contributed by atoms with Crippen LogP contribution in [0.15, 0.2) is 23.0 Å². The Kier molecular flexibility index (Phi) is 4.80. The van der Waals surface area contributed by atoms with Crippen LogP contribution in [-0.4, -0.2) is 26.5 Å². The molecule has 2 heterocycles. The zero-order valence-electron chi connectivity index (χ0n) is 14.8. The normalized spacial score (nSPS) is 10.5. The van der Waals surface area contributed by atoms with Gasteiger partial charge in [0.2, 0.25) is 11.9 Å². The summed E-state index contributed by atoms with van der Waals surface area (Å²) >= 11 is 0. The summed E-state index contributed by atoms with van der Waals surface area (Å²) in [5, 5.41) is 12.6. The molecule has 26 heavy (non-hydrogen) atoms. The van der Waals surface area contributed by atoms with Gasteiger partial charge in [-0.1, -0.05) is 12.1 Å². The van der Waals surface area contributed by atoms with Gasteiger partial charge in [-0.15, -0.1) is 0 Å². The molecule has 0 aliphatic rings. The predicted octanol–water partition coefficient (Wildman–Crippen LogP) is 2.54. The fourth-order valence-corrected chi connectivity index (χ4v) is 2.67. The van der Waals surface area contributed by atoms with Crippen LogP contribution < -0.4 is 15.6 Å². The highest BCUT2D eigenvalue weighted by Crippen LogP contribution is 2.27. The fraction of sp³-hybridized carbons (Fsp3) is 0.278. The second-order valence-corrected chi connectivity index (χ2v) is 5.66. The Bertz CT molecular complexity index is 1070. The molecule has 132 valence electrons. The molecule has 0 spiro atoms. The zero-order valence-corrected chi connectivity index (χ0v) is 14.8. The number of anilines is 2. The number of aromatic amines is 1. The van der Waals surface area contributed by atoms with Gasteiger partial charge in [0.1, 0.15) is 11.3 Å². The number of nitrogens with zero attached hydrogens (tertiary/aromatic N) is 4. The second-order valence-electron chi connectivity index (χ2n) is 5.66. The van der Waals surface area contributed by atoms with Crippen molar-refractivity contribution in [1.29, 1.82) is 5.26 Å². The first-order chi connectivity index (χ1) is 12.5. The van der Waals surface area contributed by atoms with E-state index in [1.54, 1.807) is 6.92 Å². The van der Waals surface area contributed by atoms with E-state index in [-0.39, 0.29) is 17.9 Å². The Labute approximate surface area is 149 Å². The van der Waals surface area contributed by atoms with E-state index in [0.717, 1.165) is 11.1 Å². The molecule has 0 bridgehead atoms. The third kappa shape index (κ3) is 3.32. The van der Waals surface area contributed by atoms with E-state index in [1.807, 2.05) is 38.1 Å². The second kappa shape index (κ2) is 7.19. The van der Waals surface area contributed by atoms with E-state index in [4.69, 9.17) is 10.00 Å². The van der Waals surface area contributed by atoms with Crippen LogP contribution in [0.2, 0.25) is 0 Å². The van der Waals surface area contributed by atoms with Crippen molar-refractivity contribution in [2.75, 3.05) is 11.9 Å². The number of hydrogen-bond acceptors (Lipinski definition) is 7. The average Bonchev–Trinajstić information content (AvgIpc) is 2.59. The van der Waals surface area contributed by atoms with Gasteiger partial charge in [0.25, 0.3) is 5.56 Å². The number of aromatic nitrogens is 4. The molecule has 2 N–H and O–H groups in total. The average molecular weight is 350 g/mol. The summed E-state index contributed by atoms with van der Waals surface area (Å²) in [6.45, 7) is 6.00. The minimum Gasteiger partial charge on any atom is -0.492 e. The lowest BCUT2D eigenvalue weighted by Gasteiger charge is -2.11. The van der Waals surface area contributed by atoms with Crippen molar-refractivity contribution in [2.24, 2.45) is 0 Å². The van der Waals surface area contributed by atoms with Crippen LogP contribution in [0, 0.1) is 25.2 Å². The Morgan fingerprint density at radius 1 is 1.23 bits per heavy atom. The van der Waals surface area contributed by atoms with Gasteiger partial charge in [-0.05, 0) is 26.8 Å². The molecule has 0 radical (unpaired) electrons. The molecule has 0 fully saturated rings. The lowest BCUT2D eigenvalue weighted by molar-refractivity contribution is 0.343. The van der Waals surface area contributed by atoms with Gasteiger partial charge >= 0.3 is 0 Å². The number of fused-ring (bicyclic) bond motifs is 1. The summed E-state index contributed by atoms with van der Waals surface area (Å²) < 4.78 is 5.64. The van der Waals surface area contributed by atoms with Crippen molar-refractivity contribution in [3.63, 3.8) is 0 Å². The maximum Gasteiger partial charge on any atom is 0.256 e. The molecular formula is C18H18N6O2. The van der Waals surface area contributed by atoms with E-state index < -0.39 is 0 Å². The Hall–Kier alpha value is -3.47. The van der Waals surface area contributed by atoms with Gasteiger partial charge in [-0.25, -0.2) is 15.0 Å². The Morgan fingerprint density at radius 3 is 2.73 bits per heavy atom. The number of para-hydroxylation sites is 1. The molecule has 0 atom stereocenters. The SMILES string of the molecule is CCOc1cccc2c(C)nc(Nc3nc(C)c(CC#N)c(=O)[nH]3)nc12. The summed E-state index contributed by atoms with van der Waals surface area (Å²) in [4.78, 5) is 27.9. The van der Waals surface area contributed by atoms with Gasteiger partial charge in [-0.3, -0.25) is 15.1 Å². The number of rotatable bonds is 5. The van der Waals surface area contributed by atoms with Crippen LogP contribution in [0.1, 0.15) is 23.9 Å². The van der Waals surface area contributed by atoms with E-state index >= 15 is 0 Å². The van der Waals surface area contributed by atoms with Gasteiger partial charge in [0.15, 0.2) is 0 Å². The molecule has 0 unspecified atom stereocenters. The van der Waals surface area contributed by atoms with Crippen LogP contribution >= 0.6 is 0 Å². The largest absolute Gasteiger partial charge is 0.492 e. The van der Waals surface area contributed by atoms with Crippen LogP contribution in [0.4, 0.5) is 11.9 Å². The standard InChI is InChI=1S/C18H18N6O2/c1-4-26-14-7-5-6-12-10(2)20-17(22-15(12)14)24-18-21-11(3)13(8-9-19)16(25)23-18/h5-7H,4,8H2,1-3H3,(H2,20,21,22,23,24,25). The third-order valence-electron chi connectivity index (χ3n) is 3.89. The number of ether oxygens (including phenoxy) is 1. The molecular weight excluding hydrogens is 332 g/mol. The van der Waals surface area contributed by atoms with Crippen LogP contribution in [0.25, 0.3) is 10.9 Å². The van der Waals surface area contributed by atoms with Gasteiger partial charge in [0, 0.05) is 5.39 Å². The predicted molar refractivity (Wildman–Crippen MR) is 97.6 cm³/mol. The number of H-pyrrole nitrogens is 1. The first-order valence-electron chi connectivity index (χ1n) is 8.17. The quantitative estimate of drug-likeness (QED) is 0.726. The highest BCUT2D eigenvalue weighted by molar-refractivity contribution is 5.87. The van der Waals surface area contributed by atoms with Crippen molar-refractivity contribution in [3.05, 3.63) is 45.5 Å². The molecule has 3 rings (SSSR count). The smallest absolute Gasteiger partial charge is 0.256 e. The molecule has 2 aromatic heterocycles. The number of nitrogens with one attached hydrogen (secondary N) is 2. The molecule has 0 saturated heterocycles. The van der Waals surface area contributed by atoms with Crippen molar-refractivity contribution in [3.8, 4) is 11.8 Å². The number of aryl methyl sites for hydroxylation is 2. The first kappa shape index (κ1) is 17.4. The minimum absolute atomic E-state index is 0.0117. The van der Waals surface area contributed by atoms with Gasteiger partial charge < -0.3 is 4.74 Å². The van der Waals surface area contributed by atoms with Gasteiger partial charge in [-0.2, -0.15) is 5.26 Å². The molecule has 8 nitrogen and oxygen atoms in total. The molecule has 1 aromatic carbocycles. The molecule has 8 heteroatoms. The third-order valence-corrected chi connectivity index (χ3v) is 3.89. The van der Waals surface area contributed by atoms with Crippen molar-refractivity contribution < 1.29 is 4.74 Å². The first-order valence-corrected chi connectivity index (χ1v) is 8.17. The summed E-state index contributed by atoms with van der Waals surface area (Å²) in [6.07, 6.45) is 0.0117. The van der Waals surface area contributed by atoms with E-state index in [9.17, 15) is 4.79 Å². The monoisotopic (exact) mass is 350 g/mol. The minimum atomic E-state index is -0.353. The lowest BCUT2D eigenvalue weighted by Crippen LogP contribution is -2.18. The van der Waals surface area contributed by atoms with Crippen molar-refractivity contribution in [1.82, 2.24) is 19.9 Å². The van der Waals surface area contributed by atoms with E-state index in [2.05, 4.69) is 25.3 Å². The lowest BCUT2D eigenvalue weighted by atomic mass is 10.2. The molecule has 0 saturated carbocycles. The molecule has 0 amide bonds. The summed E-state index contributed by atoms with van der Waals surface area (Å²) in [6, 6.07) is 7.64. The van der Waals surface area contributed by atoms with Crippen LogP contribution in [-0.2, 0) is 6.42 Å². The van der Waals surface area contributed by atoms with Gasteiger partial charge in [0.05, 0.1) is 36.0 Å². The number of nitriles is 1. The van der Waals surface area contributed by atoms with E-state index in [0.29, 0.717) is 35.1 Å². The Morgan fingerprint density at radius 2 is 2.04 bits per heavy atom. The molecule has 3 aromatic rings. The topological polar surface area (TPSA) is 117 Å². The van der Waals surface area contributed by atoms with Crippen LogP contribution in [0.3, 0.4) is 0 Å². The maximum absolute atomic E-state index is 12.1.